The van der Waals surface area contributed by atoms with E-state index >= 15 is 0 Å². The number of halogens is 2. The summed E-state index contributed by atoms with van der Waals surface area (Å²) in [6.07, 6.45) is 2.02. The van der Waals surface area contributed by atoms with Crippen molar-refractivity contribution in [3.05, 3.63) is 23.2 Å². The zero-order valence-electron chi connectivity index (χ0n) is 11.4. The number of hydrogen-bond acceptors (Lipinski definition) is 3. The first-order valence-corrected chi connectivity index (χ1v) is 9.04. The van der Waals surface area contributed by atoms with E-state index in [1.54, 1.807) is 18.2 Å². The van der Waals surface area contributed by atoms with E-state index in [9.17, 15) is 8.42 Å². The summed E-state index contributed by atoms with van der Waals surface area (Å²) >= 11 is 11.4. The predicted octanol–water partition coefficient (Wildman–Crippen LogP) is 3.89. The van der Waals surface area contributed by atoms with E-state index in [1.165, 1.54) is 0 Å². The highest BCUT2D eigenvalue weighted by molar-refractivity contribution is 7.92. The molecule has 0 saturated heterocycles. The lowest BCUT2D eigenvalue weighted by atomic mass is 10.3. The lowest BCUT2D eigenvalue weighted by Crippen LogP contribution is -2.17. The second-order valence-electron chi connectivity index (χ2n) is 4.31. The van der Waals surface area contributed by atoms with Crippen molar-refractivity contribution in [3.8, 4) is 5.75 Å². The Balaban J connectivity index is 2.81. The minimum atomic E-state index is -3.42. The van der Waals surface area contributed by atoms with Crippen LogP contribution in [-0.2, 0) is 10.0 Å². The van der Waals surface area contributed by atoms with Crippen LogP contribution in [0.25, 0.3) is 0 Å². The number of alkyl halides is 1. The van der Waals surface area contributed by atoms with Gasteiger partial charge in [-0.1, -0.05) is 18.5 Å². The van der Waals surface area contributed by atoms with Gasteiger partial charge in [0.05, 0.1) is 18.0 Å². The Morgan fingerprint density at radius 3 is 2.70 bits per heavy atom. The van der Waals surface area contributed by atoms with Gasteiger partial charge in [0.25, 0.3) is 0 Å². The fraction of sp³-hybridized carbons (Fsp3) is 0.538. The first kappa shape index (κ1) is 17.4. The molecule has 0 fully saturated rings. The van der Waals surface area contributed by atoms with Gasteiger partial charge in [-0.3, -0.25) is 4.72 Å². The zero-order chi connectivity index (χ0) is 15.0. The second kappa shape index (κ2) is 8.60. The Hall–Kier alpha value is -0.650. The number of hydrogen-bond donors (Lipinski definition) is 1. The number of unbranched alkanes of at least 4 members (excludes halogenated alkanes) is 1. The van der Waals surface area contributed by atoms with Crippen LogP contribution in [0.2, 0.25) is 5.02 Å². The third kappa shape index (κ3) is 6.20. The second-order valence-corrected chi connectivity index (χ2v) is 6.96. The molecule has 0 amide bonds. The fourth-order valence-corrected chi connectivity index (χ4v) is 3.07. The van der Waals surface area contributed by atoms with Gasteiger partial charge < -0.3 is 4.74 Å². The van der Waals surface area contributed by atoms with Crippen molar-refractivity contribution in [2.75, 3.05) is 23.0 Å². The summed E-state index contributed by atoms with van der Waals surface area (Å²) in [4.78, 5) is 0. The van der Waals surface area contributed by atoms with E-state index in [1.807, 2.05) is 6.92 Å². The quantitative estimate of drug-likeness (QED) is 0.548. The molecular weight excluding hydrogens is 321 g/mol. The number of rotatable bonds is 9. The van der Waals surface area contributed by atoms with E-state index < -0.39 is 10.0 Å². The summed E-state index contributed by atoms with van der Waals surface area (Å²) in [5.74, 6) is 0.967. The van der Waals surface area contributed by atoms with Crippen LogP contribution in [-0.4, -0.2) is 26.7 Å². The summed E-state index contributed by atoms with van der Waals surface area (Å²) in [5, 5.41) is 0.451. The Bertz CT molecular complexity index is 520. The van der Waals surface area contributed by atoms with Crippen molar-refractivity contribution in [2.24, 2.45) is 0 Å². The summed E-state index contributed by atoms with van der Waals surface area (Å²) in [6, 6.07) is 4.87. The third-order valence-corrected chi connectivity index (χ3v) is 4.32. The van der Waals surface area contributed by atoms with Crippen molar-refractivity contribution >= 4 is 38.9 Å². The molecule has 0 saturated carbocycles. The highest BCUT2D eigenvalue weighted by atomic mass is 35.5. The Morgan fingerprint density at radius 2 is 2.05 bits per heavy atom. The minimum Gasteiger partial charge on any atom is -0.491 e. The normalized spacial score (nSPS) is 11.3. The van der Waals surface area contributed by atoms with Crippen LogP contribution in [0.4, 0.5) is 5.69 Å². The van der Waals surface area contributed by atoms with Crippen LogP contribution < -0.4 is 9.46 Å². The number of benzene rings is 1. The molecule has 7 heteroatoms. The maximum Gasteiger partial charge on any atom is 0.232 e. The van der Waals surface area contributed by atoms with Gasteiger partial charge in [-0.05, 0) is 37.5 Å². The Kier molecular flexibility index (Phi) is 7.48. The SMILES string of the molecule is CCCOc1ccc(Cl)cc1NS(=O)(=O)CCCCCl. The molecular formula is C13H19Cl2NO3S. The monoisotopic (exact) mass is 339 g/mol. The van der Waals surface area contributed by atoms with Crippen molar-refractivity contribution < 1.29 is 13.2 Å². The molecule has 0 unspecified atom stereocenters. The summed E-state index contributed by atoms with van der Waals surface area (Å²) in [7, 11) is -3.42. The van der Waals surface area contributed by atoms with E-state index in [4.69, 9.17) is 27.9 Å². The van der Waals surface area contributed by atoms with Crippen LogP contribution in [0, 0.1) is 0 Å². The van der Waals surface area contributed by atoms with Crippen molar-refractivity contribution in [1.82, 2.24) is 0 Å². The molecule has 0 atom stereocenters. The van der Waals surface area contributed by atoms with E-state index in [0.717, 1.165) is 6.42 Å². The maximum absolute atomic E-state index is 12.0. The molecule has 0 aliphatic rings. The molecule has 20 heavy (non-hydrogen) atoms. The Labute approximate surface area is 130 Å². The lowest BCUT2D eigenvalue weighted by Gasteiger charge is -2.13. The molecule has 0 bridgehead atoms. The smallest absolute Gasteiger partial charge is 0.232 e. The largest absolute Gasteiger partial charge is 0.491 e. The number of ether oxygens (including phenoxy) is 1. The Morgan fingerprint density at radius 1 is 1.30 bits per heavy atom. The molecule has 1 N–H and O–H groups in total. The summed E-state index contributed by atoms with van der Waals surface area (Å²) in [5.41, 5.74) is 0.372. The highest BCUT2D eigenvalue weighted by Gasteiger charge is 2.14. The van der Waals surface area contributed by atoms with E-state index in [0.29, 0.717) is 41.8 Å². The molecule has 1 aromatic carbocycles. The predicted molar refractivity (Wildman–Crippen MR) is 84.6 cm³/mol. The van der Waals surface area contributed by atoms with Crippen LogP contribution in [0.15, 0.2) is 18.2 Å². The van der Waals surface area contributed by atoms with Gasteiger partial charge >= 0.3 is 0 Å². The third-order valence-electron chi connectivity index (χ3n) is 2.47. The van der Waals surface area contributed by atoms with Crippen molar-refractivity contribution in [2.45, 2.75) is 26.2 Å². The average Bonchev–Trinajstić information content (AvgIpc) is 2.37. The van der Waals surface area contributed by atoms with Gasteiger partial charge in [0, 0.05) is 10.9 Å². The molecule has 0 spiro atoms. The number of nitrogens with one attached hydrogen (secondary N) is 1. The standard InChI is InChI=1S/C13H19Cl2NO3S/c1-2-8-19-13-6-5-11(15)10-12(13)16-20(17,18)9-4-3-7-14/h5-6,10,16H,2-4,7-9H2,1H3. The van der Waals surface area contributed by atoms with E-state index in [-0.39, 0.29) is 5.75 Å². The van der Waals surface area contributed by atoms with Gasteiger partial charge in [0.2, 0.25) is 10.0 Å². The van der Waals surface area contributed by atoms with Gasteiger partial charge in [-0.15, -0.1) is 11.6 Å². The first-order chi connectivity index (χ1) is 9.48. The van der Waals surface area contributed by atoms with Gasteiger partial charge in [0.15, 0.2) is 0 Å². The molecule has 1 aromatic rings. The molecule has 0 aliphatic carbocycles. The minimum absolute atomic E-state index is 0.0272. The van der Waals surface area contributed by atoms with Crippen LogP contribution in [0.1, 0.15) is 26.2 Å². The molecule has 4 nitrogen and oxygen atoms in total. The molecule has 0 heterocycles. The number of sulfonamides is 1. The summed E-state index contributed by atoms with van der Waals surface area (Å²) in [6.45, 7) is 2.49. The van der Waals surface area contributed by atoms with Gasteiger partial charge in [-0.25, -0.2) is 8.42 Å². The lowest BCUT2D eigenvalue weighted by molar-refractivity contribution is 0.319. The molecule has 0 aromatic heterocycles. The molecule has 1 rings (SSSR count). The van der Waals surface area contributed by atoms with Crippen molar-refractivity contribution in [1.29, 1.82) is 0 Å². The van der Waals surface area contributed by atoms with Crippen LogP contribution in [0.5, 0.6) is 5.75 Å². The van der Waals surface area contributed by atoms with Crippen molar-refractivity contribution in [3.63, 3.8) is 0 Å². The molecule has 0 radical (unpaired) electrons. The zero-order valence-corrected chi connectivity index (χ0v) is 13.7. The topological polar surface area (TPSA) is 55.4 Å². The molecule has 0 aliphatic heterocycles. The van der Waals surface area contributed by atoms with E-state index in [2.05, 4.69) is 4.72 Å². The van der Waals surface area contributed by atoms with Crippen LogP contribution >= 0.6 is 23.2 Å². The summed E-state index contributed by atoms with van der Waals surface area (Å²) < 4.78 is 31.9. The van der Waals surface area contributed by atoms with Gasteiger partial charge in [-0.2, -0.15) is 0 Å². The molecule has 114 valence electrons. The van der Waals surface area contributed by atoms with Crippen LogP contribution in [0.3, 0.4) is 0 Å². The van der Waals surface area contributed by atoms with Gasteiger partial charge in [0.1, 0.15) is 5.75 Å². The first-order valence-electron chi connectivity index (χ1n) is 6.47. The highest BCUT2D eigenvalue weighted by Crippen LogP contribution is 2.29. The maximum atomic E-state index is 12.0. The number of anilines is 1. The fourth-order valence-electron chi connectivity index (χ4n) is 1.52. The average molecular weight is 340 g/mol.